The summed E-state index contributed by atoms with van der Waals surface area (Å²) < 4.78 is 38.5. The summed E-state index contributed by atoms with van der Waals surface area (Å²) in [5, 5.41) is 9.03. The summed E-state index contributed by atoms with van der Waals surface area (Å²) in [4.78, 5) is 16.4. The van der Waals surface area contributed by atoms with Crippen LogP contribution in [-0.4, -0.2) is 25.0 Å². The number of hydrogen-bond donors (Lipinski definition) is 3. The first-order valence-electron chi connectivity index (χ1n) is 9.73. The summed E-state index contributed by atoms with van der Waals surface area (Å²) in [6, 6.07) is 12.5. The summed E-state index contributed by atoms with van der Waals surface area (Å²) in [5.41, 5.74) is 1.27. The summed E-state index contributed by atoms with van der Waals surface area (Å²) in [6.45, 7) is 4.56. The van der Waals surface area contributed by atoms with E-state index in [9.17, 15) is 18.0 Å². The van der Waals surface area contributed by atoms with Crippen LogP contribution in [0.25, 0.3) is 0 Å². The first kappa shape index (κ1) is 26.7. The van der Waals surface area contributed by atoms with Crippen LogP contribution in [0.1, 0.15) is 47.3 Å². The van der Waals surface area contributed by atoms with E-state index in [-0.39, 0.29) is 42.5 Å². The van der Waals surface area contributed by atoms with Gasteiger partial charge in [-0.3, -0.25) is 9.79 Å². The van der Waals surface area contributed by atoms with E-state index in [1.54, 1.807) is 31.3 Å². The van der Waals surface area contributed by atoms with Crippen molar-refractivity contribution < 1.29 is 18.0 Å². The normalized spacial score (nSPS) is 12.5. The minimum atomic E-state index is -4.37. The molecule has 1 atom stereocenters. The van der Waals surface area contributed by atoms with E-state index >= 15 is 0 Å². The van der Waals surface area contributed by atoms with Gasteiger partial charge in [-0.2, -0.15) is 13.2 Å². The zero-order valence-corrected chi connectivity index (χ0v) is 20.0. The van der Waals surface area contributed by atoms with E-state index in [2.05, 4.69) is 20.9 Å². The molecule has 9 heteroatoms. The van der Waals surface area contributed by atoms with Gasteiger partial charge < -0.3 is 16.0 Å². The van der Waals surface area contributed by atoms with Gasteiger partial charge in [-0.15, -0.1) is 24.0 Å². The third-order valence-electron chi connectivity index (χ3n) is 4.58. The van der Waals surface area contributed by atoms with Crippen LogP contribution in [0, 0.1) is 0 Å². The maximum atomic E-state index is 12.8. The average molecular weight is 548 g/mol. The Morgan fingerprint density at radius 1 is 1.03 bits per heavy atom. The Kier molecular flexibility index (Phi) is 10.8. The second kappa shape index (κ2) is 12.5. The van der Waals surface area contributed by atoms with Crippen LogP contribution in [0.15, 0.2) is 53.5 Å². The van der Waals surface area contributed by atoms with Gasteiger partial charge in [0.05, 0.1) is 5.56 Å². The number of guanidine groups is 1. The molecule has 0 fully saturated rings. The van der Waals surface area contributed by atoms with Crippen LogP contribution < -0.4 is 16.0 Å². The van der Waals surface area contributed by atoms with Crippen LogP contribution in [0.2, 0.25) is 0 Å². The highest BCUT2D eigenvalue weighted by atomic mass is 127. The van der Waals surface area contributed by atoms with E-state index in [1.807, 2.05) is 19.9 Å². The van der Waals surface area contributed by atoms with Crippen molar-refractivity contribution in [2.45, 2.75) is 45.6 Å². The molecule has 5 nitrogen and oxygen atoms in total. The Bertz CT molecular complexity index is 887. The summed E-state index contributed by atoms with van der Waals surface area (Å²) in [5.74, 6) is 0.320. The largest absolute Gasteiger partial charge is 0.416 e. The fraction of sp³-hybridized carbons (Fsp3) is 0.364. The van der Waals surface area contributed by atoms with Crippen LogP contribution in [0.3, 0.4) is 0 Å². The van der Waals surface area contributed by atoms with Crippen molar-refractivity contribution in [3.63, 3.8) is 0 Å². The lowest BCUT2D eigenvalue weighted by atomic mass is 10.1. The summed E-state index contributed by atoms with van der Waals surface area (Å²) in [6.07, 6.45) is -3.52. The Morgan fingerprint density at radius 3 is 2.16 bits per heavy atom. The molecule has 0 saturated carbocycles. The van der Waals surface area contributed by atoms with Gasteiger partial charge in [0.1, 0.15) is 0 Å². The first-order valence-corrected chi connectivity index (χ1v) is 9.73. The standard InChI is InChI=1S/C22H27F3N4O.HI/c1-4-15(2)29-20(30)18-9-5-7-16(11-18)13-27-21(26-3)28-14-17-8-6-10-19(12-17)22(23,24)25;/h5-12,15H,4,13-14H2,1-3H3,(H,29,30)(H2,26,27,28);1H. The first-order chi connectivity index (χ1) is 14.2. The topological polar surface area (TPSA) is 65.5 Å². The highest BCUT2D eigenvalue weighted by Crippen LogP contribution is 2.29. The van der Waals surface area contributed by atoms with E-state index in [0.717, 1.165) is 24.1 Å². The third kappa shape index (κ3) is 8.76. The Hall–Kier alpha value is -2.30. The summed E-state index contributed by atoms with van der Waals surface area (Å²) >= 11 is 0. The molecule has 1 unspecified atom stereocenters. The van der Waals surface area contributed by atoms with Gasteiger partial charge in [-0.05, 0) is 48.7 Å². The van der Waals surface area contributed by atoms with Gasteiger partial charge in [0.2, 0.25) is 0 Å². The van der Waals surface area contributed by atoms with Crippen LogP contribution in [0.5, 0.6) is 0 Å². The molecule has 0 aliphatic heterocycles. The molecule has 0 aliphatic carbocycles. The van der Waals surface area contributed by atoms with Crippen molar-refractivity contribution in [3.05, 3.63) is 70.8 Å². The highest BCUT2D eigenvalue weighted by molar-refractivity contribution is 14.0. The number of carbonyl (C=O) groups excluding carboxylic acids is 1. The van der Waals surface area contributed by atoms with E-state index in [4.69, 9.17) is 0 Å². The smallest absolute Gasteiger partial charge is 0.352 e. The highest BCUT2D eigenvalue weighted by Gasteiger charge is 2.30. The lowest BCUT2D eigenvalue weighted by Gasteiger charge is -2.14. The number of nitrogens with zero attached hydrogens (tertiary/aromatic N) is 1. The number of aliphatic imine (C=N–C) groups is 1. The van der Waals surface area contributed by atoms with Crippen LogP contribution >= 0.6 is 24.0 Å². The van der Waals surface area contributed by atoms with Crippen molar-refractivity contribution in [2.75, 3.05) is 7.05 Å². The number of amides is 1. The van der Waals surface area contributed by atoms with Crippen molar-refractivity contribution >= 4 is 35.8 Å². The average Bonchev–Trinajstić information content (AvgIpc) is 2.73. The third-order valence-corrected chi connectivity index (χ3v) is 4.58. The van der Waals surface area contributed by atoms with Gasteiger partial charge in [0.15, 0.2) is 5.96 Å². The number of hydrogen-bond acceptors (Lipinski definition) is 2. The second-order valence-corrected chi connectivity index (χ2v) is 6.96. The van der Waals surface area contributed by atoms with E-state index in [1.165, 1.54) is 6.07 Å². The van der Waals surface area contributed by atoms with Gasteiger partial charge in [0.25, 0.3) is 5.91 Å². The second-order valence-electron chi connectivity index (χ2n) is 6.96. The Morgan fingerprint density at radius 2 is 1.61 bits per heavy atom. The van der Waals surface area contributed by atoms with Gasteiger partial charge in [0, 0.05) is 31.7 Å². The number of carbonyl (C=O) groups is 1. The molecule has 3 N–H and O–H groups in total. The van der Waals surface area contributed by atoms with Gasteiger partial charge in [-0.1, -0.05) is 31.2 Å². The molecule has 2 rings (SSSR count). The van der Waals surface area contributed by atoms with Gasteiger partial charge in [-0.25, -0.2) is 0 Å². The molecule has 0 radical (unpaired) electrons. The Labute approximate surface area is 197 Å². The molecule has 2 aromatic rings. The molecule has 2 aromatic carbocycles. The van der Waals surface area contributed by atoms with Crippen LogP contribution in [0.4, 0.5) is 13.2 Å². The summed E-state index contributed by atoms with van der Waals surface area (Å²) in [7, 11) is 1.58. The van der Waals surface area contributed by atoms with Gasteiger partial charge >= 0.3 is 6.18 Å². The molecule has 0 spiro atoms. The molecule has 1 amide bonds. The molecule has 0 aromatic heterocycles. The predicted molar refractivity (Wildman–Crippen MR) is 128 cm³/mol. The molecular weight excluding hydrogens is 520 g/mol. The maximum absolute atomic E-state index is 12.8. The SMILES string of the molecule is CCC(C)NC(=O)c1cccc(CNC(=NC)NCc2cccc(C(F)(F)F)c2)c1.I. The molecule has 31 heavy (non-hydrogen) atoms. The van der Waals surface area contributed by atoms with Crippen molar-refractivity contribution in [2.24, 2.45) is 4.99 Å². The lowest BCUT2D eigenvalue weighted by molar-refractivity contribution is -0.137. The zero-order valence-electron chi connectivity index (χ0n) is 17.7. The predicted octanol–water partition coefficient (Wildman–Crippen LogP) is 4.72. The number of rotatable bonds is 7. The number of alkyl halides is 3. The van der Waals surface area contributed by atoms with E-state index in [0.29, 0.717) is 23.6 Å². The fourth-order valence-electron chi connectivity index (χ4n) is 2.68. The maximum Gasteiger partial charge on any atom is 0.416 e. The minimum absolute atomic E-state index is 0. The molecule has 0 saturated heterocycles. The number of benzene rings is 2. The van der Waals surface area contributed by atoms with Crippen molar-refractivity contribution in [1.29, 1.82) is 0 Å². The molecular formula is C22H28F3IN4O. The Balaban J connectivity index is 0.00000480. The fourth-order valence-corrected chi connectivity index (χ4v) is 2.68. The van der Waals surface area contributed by atoms with Crippen molar-refractivity contribution in [3.8, 4) is 0 Å². The number of nitrogens with one attached hydrogen (secondary N) is 3. The quantitative estimate of drug-likeness (QED) is 0.267. The minimum Gasteiger partial charge on any atom is -0.352 e. The van der Waals surface area contributed by atoms with E-state index < -0.39 is 11.7 Å². The number of halogens is 4. The lowest BCUT2D eigenvalue weighted by Crippen LogP contribution is -2.36. The molecule has 0 heterocycles. The van der Waals surface area contributed by atoms with Crippen molar-refractivity contribution in [1.82, 2.24) is 16.0 Å². The molecule has 170 valence electrons. The molecule has 0 bridgehead atoms. The molecule has 0 aliphatic rings. The zero-order chi connectivity index (χ0) is 22.1. The monoisotopic (exact) mass is 548 g/mol. The van der Waals surface area contributed by atoms with Crippen LogP contribution in [-0.2, 0) is 19.3 Å².